The van der Waals surface area contributed by atoms with Crippen molar-refractivity contribution in [3.8, 4) is 0 Å². The number of carbonyl (C=O) groups is 2. The number of nitrogens with zero attached hydrogens (tertiary/aromatic N) is 1. The number of carboxylic acids is 1. The molecule has 3 rings (SSSR count). The number of hydrogen-bond donors (Lipinski definition) is 4. The lowest BCUT2D eigenvalue weighted by Crippen LogP contribution is -2.06. The molecule has 2 aromatic heterocycles. The van der Waals surface area contributed by atoms with Crippen LogP contribution in [0, 0.1) is 5.95 Å². The first-order valence-electron chi connectivity index (χ1n) is 6.98. The number of nitrogens with one attached hydrogen (secondary N) is 3. The number of pyridine rings is 1. The molecular weight excluding hydrogens is 315 g/mol. The summed E-state index contributed by atoms with van der Waals surface area (Å²) in [6.07, 6.45) is 1.32. The summed E-state index contributed by atoms with van der Waals surface area (Å²) < 4.78 is 12.9. The first-order valence-corrected chi connectivity index (χ1v) is 6.98. The van der Waals surface area contributed by atoms with Gasteiger partial charge >= 0.3 is 5.97 Å². The lowest BCUT2D eigenvalue weighted by atomic mass is 10.1. The van der Waals surface area contributed by atoms with Crippen LogP contribution in [0.3, 0.4) is 0 Å². The zero-order valence-electron chi connectivity index (χ0n) is 12.6. The monoisotopic (exact) mass is 328 g/mol. The lowest BCUT2D eigenvalue weighted by Gasteiger charge is -2.10. The van der Waals surface area contributed by atoms with Gasteiger partial charge in [0.2, 0.25) is 11.9 Å². The molecule has 0 aliphatic carbocycles. The average Bonchev–Trinajstić information content (AvgIpc) is 2.93. The maximum atomic E-state index is 12.9. The van der Waals surface area contributed by atoms with Crippen molar-refractivity contribution in [2.45, 2.75) is 6.92 Å². The molecule has 0 unspecified atom stereocenters. The van der Waals surface area contributed by atoms with E-state index in [2.05, 4.69) is 20.6 Å². The molecule has 2 heterocycles. The van der Waals surface area contributed by atoms with E-state index in [9.17, 15) is 14.0 Å². The highest BCUT2D eigenvalue weighted by Gasteiger charge is 2.13. The smallest absolute Gasteiger partial charge is 0.352 e. The van der Waals surface area contributed by atoms with Gasteiger partial charge in [0.1, 0.15) is 5.69 Å². The number of halogens is 1. The first kappa shape index (κ1) is 15.5. The number of amides is 1. The Morgan fingerprint density at radius 2 is 2.00 bits per heavy atom. The number of H-pyrrole nitrogens is 1. The van der Waals surface area contributed by atoms with Crippen LogP contribution in [0.5, 0.6) is 0 Å². The summed E-state index contributed by atoms with van der Waals surface area (Å²) in [6, 6.07) is 7.49. The van der Waals surface area contributed by atoms with Gasteiger partial charge in [0, 0.05) is 18.0 Å². The van der Waals surface area contributed by atoms with Crippen molar-refractivity contribution in [3.63, 3.8) is 0 Å². The summed E-state index contributed by atoms with van der Waals surface area (Å²) in [5.74, 6) is -1.96. The summed E-state index contributed by atoms with van der Waals surface area (Å²) in [7, 11) is 0. The van der Waals surface area contributed by atoms with E-state index in [1.165, 1.54) is 31.3 Å². The van der Waals surface area contributed by atoms with Gasteiger partial charge in [-0.05, 0) is 30.3 Å². The van der Waals surface area contributed by atoms with Crippen molar-refractivity contribution in [3.05, 3.63) is 48.2 Å². The van der Waals surface area contributed by atoms with Gasteiger partial charge in [0.05, 0.1) is 23.1 Å². The number of aromatic carboxylic acids is 1. The highest BCUT2D eigenvalue weighted by Crippen LogP contribution is 2.31. The zero-order chi connectivity index (χ0) is 17.3. The first-order chi connectivity index (χ1) is 11.4. The maximum Gasteiger partial charge on any atom is 0.352 e. The number of benzene rings is 1. The third kappa shape index (κ3) is 3.17. The highest BCUT2D eigenvalue weighted by molar-refractivity contribution is 6.03. The van der Waals surface area contributed by atoms with Crippen LogP contribution in [0.15, 0.2) is 36.5 Å². The molecule has 1 aromatic carbocycles. The third-order valence-corrected chi connectivity index (χ3v) is 3.30. The number of anilines is 3. The van der Waals surface area contributed by atoms with Crippen molar-refractivity contribution in [2.75, 3.05) is 10.6 Å². The Morgan fingerprint density at radius 3 is 2.62 bits per heavy atom. The molecule has 24 heavy (non-hydrogen) atoms. The van der Waals surface area contributed by atoms with Crippen LogP contribution in [0.1, 0.15) is 17.4 Å². The fourth-order valence-electron chi connectivity index (χ4n) is 2.34. The summed E-state index contributed by atoms with van der Waals surface area (Å²) in [5, 5.41) is 15.5. The SMILES string of the molecule is CC(=O)Nc1cc(Nc2ccc(F)nc2)c2cc(C(=O)O)[nH]c2c1. The number of carbonyl (C=O) groups excluding carboxylic acids is 1. The van der Waals surface area contributed by atoms with Crippen molar-refractivity contribution >= 4 is 39.8 Å². The maximum absolute atomic E-state index is 12.9. The van der Waals surface area contributed by atoms with Gasteiger partial charge in [0.25, 0.3) is 0 Å². The van der Waals surface area contributed by atoms with Gasteiger partial charge in [0.15, 0.2) is 0 Å². The van der Waals surface area contributed by atoms with Crippen LogP contribution in [-0.2, 0) is 4.79 Å². The van der Waals surface area contributed by atoms with Crippen LogP contribution >= 0.6 is 0 Å². The molecule has 8 heteroatoms. The molecule has 0 saturated heterocycles. The Hall–Kier alpha value is -3.42. The van der Waals surface area contributed by atoms with Gasteiger partial charge < -0.3 is 20.7 Å². The second kappa shape index (κ2) is 5.99. The van der Waals surface area contributed by atoms with Gasteiger partial charge in [-0.25, -0.2) is 9.78 Å². The van der Waals surface area contributed by atoms with E-state index in [1.807, 2.05) is 0 Å². The van der Waals surface area contributed by atoms with E-state index < -0.39 is 11.9 Å². The molecule has 0 spiro atoms. The van der Waals surface area contributed by atoms with Crippen LogP contribution in [-0.4, -0.2) is 27.0 Å². The molecule has 0 fully saturated rings. The molecule has 0 aliphatic rings. The molecule has 122 valence electrons. The number of aromatic nitrogens is 2. The van der Waals surface area contributed by atoms with Crippen LogP contribution in [0.4, 0.5) is 21.5 Å². The number of fused-ring (bicyclic) bond motifs is 1. The van der Waals surface area contributed by atoms with Gasteiger partial charge in [-0.15, -0.1) is 0 Å². The summed E-state index contributed by atoms with van der Waals surface area (Å²) in [6.45, 7) is 1.37. The van der Waals surface area contributed by atoms with E-state index in [4.69, 9.17) is 5.11 Å². The van der Waals surface area contributed by atoms with Crippen molar-refractivity contribution in [1.82, 2.24) is 9.97 Å². The molecular formula is C16H13FN4O3. The van der Waals surface area contributed by atoms with Crippen LogP contribution in [0.2, 0.25) is 0 Å². The highest BCUT2D eigenvalue weighted by atomic mass is 19.1. The topological polar surface area (TPSA) is 107 Å². The fourth-order valence-corrected chi connectivity index (χ4v) is 2.34. The molecule has 0 radical (unpaired) electrons. The Morgan fingerprint density at radius 1 is 1.21 bits per heavy atom. The lowest BCUT2D eigenvalue weighted by molar-refractivity contribution is -0.114. The largest absolute Gasteiger partial charge is 0.477 e. The molecule has 0 atom stereocenters. The minimum absolute atomic E-state index is 0.0188. The van der Waals surface area contributed by atoms with Crippen molar-refractivity contribution in [2.24, 2.45) is 0 Å². The van der Waals surface area contributed by atoms with E-state index in [0.29, 0.717) is 28.0 Å². The van der Waals surface area contributed by atoms with Crippen LogP contribution < -0.4 is 10.6 Å². The third-order valence-electron chi connectivity index (χ3n) is 3.30. The zero-order valence-corrected chi connectivity index (χ0v) is 12.6. The summed E-state index contributed by atoms with van der Waals surface area (Å²) >= 11 is 0. The van der Waals surface area contributed by atoms with Gasteiger partial charge in [-0.2, -0.15) is 4.39 Å². The van der Waals surface area contributed by atoms with E-state index >= 15 is 0 Å². The van der Waals surface area contributed by atoms with Gasteiger partial charge in [-0.1, -0.05) is 0 Å². The molecule has 4 N–H and O–H groups in total. The Bertz CT molecular complexity index is 934. The minimum atomic E-state index is -1.10. The van der Waals surface area contributed by atoms with E-state index in [1.54, 1.807) is 12.1 Å². The molecule has 0 aliphatic heterocycles. The number of carboxylic acid groups (broad SMARTS) is 1. The predicted octanol–water partition coefficient (Wildman–Crippen LogP) is 3.10. The molecule has 1 amide bonds. The second-order valence-electron chi connectivity index (χ2n) is 5.15. The molecule has 0 bridgehead atoms. The minimum Gasteiger partial charge on any atom is -0.477 e. The number of rotatable bonds is 4. The Labute approximate surface area is 135 Å². The standard InChI is InChI=1S/C16H13FN4O3/c1-8(22)19-10-4-12(20-9-2-3-15(17)18-7-9)11-6-14(16(23)24)21-13(11)5-10/h2-7,20-21H,1H3,(H,19,22)(H,23,24). The Kier molecular flexibility index (Phi) is 3.87. The fraction of sp³-hybridized carbons (Fsp3) is 0.0625. The quantitative estimate of drug-likeness (QED) is 0.551. The van der Waals surface area contributed by atoms with Gasteiger partial charge in [-0.3, -0.25) is 4.79 Å². The predicted molar refractivity (Wildman–Crippen MR) is 87.0 cm³/mol. The number of hydrogen-bond acceptors (Lipinski definition) is 4. The van der Waals surface area contributed by atoms with Crippen molar-refractivity contribution in [1.29, 1.82) is 0 Å². The summed E-state index contributed by atoms with van der Waals surface area (Å²) in [4.78, 5) is 28.8. The second-order valence-corrected chi connectivity index (χ2v) is 5.15. The van der Waals surface area contributed by atoms with Crippen LogP contribution in [0.25, 0.3) is 10.9 Å². The molecule has 3 aromatic rings. The Balaban J connectivity index is 2.09. The van der Waals surface area contributed by atoms with E-state index in [-0.39, 0.29) is 11.6 Å². The average molecular weight is 328 g/mol. The number of aromatic amines is 1. The van der Waals surface area contributed by atoms with E-state index in [0.717, 1.165) is 0 Å². The molecule has 0 saturated carbocycles. The summed E-state index contributed by atoms with van der Waals surface area (Å²) in [5.41, 5.74) is 2.12. The molecule has 7 nitrogen and oxygen atoms in total. The normalized spacial score (nSPS) is 10.6. The van der Waals surface area contributed by atoms with Crippen molar-refractivity contribution < 1.29 is 19.1 Å².